The van der Waals surface area contributed by atoms with Gasteiger partial charge in [0, 0.05) is 48.1 Å². The van der Waals surface area contributed by atoms with Crippen LogP contribution in [0.1, 0.15) is 27.7 Å². The van der Waals surface area contributed by atoms with Crippen LogP contribution in [0, 0.1) is 0 Å². The Morgan fingerprint density at radius 3 is 1.67 bits per heavy atom. The minimum atomic E-state index is -0.340. The fourth-order valence-corrected chi connectivity index (χ4v) is 5.53. The van der Waals surface area contributed by atoms with Crippen LogP contribution in [-0.2, 0) is 9.31 Å². The first kappa shape index (κ1) is 23.3. The van der Waals surface area contributed by atoms with Gasteiger partial charge < -0.3 is 19.3 Å². The van der Waals surface area contributed by atoms with Gasteiger partial charge in [0.05, 0.1) is 11.2 Å². The lowest BCUT2D eigenvalue weighted by Gasteiger charge is -2.32. The zero-order valence-electron chi connectivity index (χ0n) is 20.9. The number of aromatic amines is 2. The van der Waals surface area contributed by atoms with E-state index in [0.29, 0.717) is 0 Å². The summed E-state index contributed by atoms with van der Waals surface area (Å²) < 4.78 is 13.6. The van der Waals surface area contributed by atoms with Gasteiger partial charge in [-0.2, -0.15) is 0 Å². The normalized spacial score (nSPS) is 16.6. The van der Waals surface area contributed by atoms with E-state index >= 15 is 0 Å². The molecular formula is C30H28BBrN2O2. The number of fused-ring (bicyclic) bond motifs is 6. The lowest BCUT2D eigenvalue weighted by Crippen LogP contribution is -2.41. The molecule has 0 aliphatic carbocycles. The molecule has 4 nitrogen and oxygen atoms in total. The van der Waals surface area contributed by atoms with Crippen molar-refractivity contribution in [2.45, 2.75) is 38.9 Å². The van der Waals surface area contributed by atoms with Crippen molar-refractivity contribution in [3.63, 3.8) is 0 Å². The zero-order valence-corrected chi connectivity index (χ0v) is 22.4. The molecule has 1 fully saturated rings. The van der Waals surface area contributed by atoms with Gasteiger partial charge in [-0.1, -0.05) is 70.5 Å². The average Bonchev–Trinajstić information content (AvgIpc) is 3.48. The van der Waals surface area contributed by atoms with Crippen molar-refractivity contribution in [3.05, 3.63) is 89.4 Å². The first-order valence-electron chi connectivity index (χ1n) is 12.3. The van der Waals surface area contributed by atoms with Crippen molar-refractivity contribution in [3.8, 4) is 0 Å². The summed E-state index contributed by atoms with van der Waals surface area (Å²) in [7, 11) is -0.340. The van der Waals surface area contributed by atoms with E-state index in [1.807, 2.05) is 18.2 Å². The summed E-state index contributed by atoms with van der Waals surface area (Å²) in [6, 6.07) is 29.2. The molecule has 0 radical (unpaired) electrons. The maximum Gasteiger partial charge on any atom is 0.495 e. The van der Waals surface area contributed by atoms with Gasteiger partial charge in [-0.25, -0.2) is 0 Å². The third-order valence-electron chi connectivity index (χ3n) is 7.55. The van der Waals surface area contributed by atoms with Crippen LogP contribution >= 0.6 is 15.9 Å². The number of H-pyrrole nitrogens is 2. The number of para-hydroxylation sites is 2. The Labute approximate surface area is 219 Å². The van der Waals surface area contributed by atoms with E-state index in [0.717, 1.165) is 21.0 Å². The van der Waals surface area contributed by atoms with E-state index in [1.165, 1.54) is 32.6 Å². The zero-order chi connectivity index (χ0) is 25.1. The van der Waals surface area contributed by atoms with Crippen LogP contribution < -0.4 is 5.46 Å². The van der Waals surface area contributed by atoms with Crippen molar-refractivity contribution in [1.82, 2.24) is 9.97 Å². The van der Waals surface area contributed by atoms with E-state index in [1.54, 1.807) is 0 Å². The second-order valence-electron chi connectivity index (χ2n) is 10.4. The third-order valence-corrected chi connectivity index (χ3v) is 8.21. The van der Waals surface area contributed by atoms with Gasteiger partial charge in [0.15, 0.2) is 0 Å². The summed E-state index contributed by atoms with van der Waals surface area (Å²) >= 11 is 3.58. The largest absolute Gasteiger partial charge is 0.495 e. The average molecular weight is 539 g/mol. The highest BCUT2D eigenvalue weighted by molar-refractivity contribution is 9.10. The van der Waals surface area contributed by atoms with Gasteiger partial charge in [0.2, 0.25) is 0 Å². The minimum Gasteiger partial charge on any atom is -0.399 e. The topological polar surface area (TPSA) is 50.0 Å². The lowest BCUT2D eigenvalue weighted by atomic mass is 9.76. The van der Waals surface area contributed by atoms with Crippen LogP contribution in [0.25, 0.3) is 43.6 Å². The highest BCUT2D eigenvalue weighted by Gasteiger charge is 2.52. The second kappa shape index (κ2) is 8.51. The molecular weight excluding hydrogens is 511 g/mol. The molecule has 2 aromatic heterocycles. The van der Waals surface area contributed by atoms with Crippen LogP contribution in [0.2, 0.25) is 0 Å². The molecule has 0 unspecified atom stereocenters. The van der Waals surface area contributed by atoms with Crippen molar-refractivity contribution < 1.29 is 9.31 Å². The molecule has 4 aromatic carbocycles. The predicted octanol–water partition coefficient (Wildman–Crippen LogP) is 7.70. The minimum absolute atomic E-state index is 0.327. The van der Waals surface area contributed by atoms with E-state index in [9.17, 15) is 0 Å². The second-order valence-corrected chi connectivity index (χ2v) is 11.2. The number of rotatable bonds is 1. The standard InChI is InChI=1S/C18H20BNO2.C12H8BrN/c1-17(2)18(3,4)22-19(21-17)13-9-7-11-15-16(13)12-8-5-6-10-14(12)20-15;13-9-5-3-7-11-12(9)8-4-1-2-6-10(8)14-11/h5-11,20H,1-4H3;1-7,14H. The van der Waals surface area contributed by atoms with Gasteiger partial charge in [-0.15, -0.1) is 0 Å². The van der Waals surface area contributed by atoms with E-state index in [2.05, 4.69) is 120 Å². The van der Waals surface area contributed by atoms with Gasteiger partial charge in [-0.05, 0) is 63.5 Å². The molecule has 0 saturated carbocycles. The summed E-state index contributed by atoms with van der Waals surface area (Å²) in [5.41, 5.74) is 5.07. The maximum absolute atomic E-state index is 6.24. The molecule has 0 bridgehead atoms. The Morgan fingerprint density at radius 2 is 1.06 bits per heavy atom. The van der Waals surface area contributed by atoms with Crippen molar-refractivity contribution in [2.24, 2.45) is 0 Å². The highest BCUT2D eigenvalue weighted by Crippen LogP contribution is 2.37. The molecule has 1 saturated heterocycles. The molecule has 6 heteroatoms. The van der Waals surface area contributed by atoms with Gasteiger partial charge in [0.1, 0.15) is 0 Å². The van der Waals surface area contributed by atoms with Crippen LogP contribution in [0.3, 0.4) is 0 Å². The van der Waals surface area contributed by atoms with Crippen LogP contribution in [0.5, 0.6) is 0 Å². The first-order chi connectivity index (χ1) is 17.2. The number of hydrogen-bond donors (Lipinski definition) is 2. The molecule has 7 rings (SSSR count). The lowest BCUT2D eigenvalue weighted by molar-refractivity contribution is 0.00578. The number of aromatic nitrogens is 2. The fraction of sp³-hybridized carbons (Fsp3) is 0.200. The summed E-state index contributed by atoms with van der Waals surface area (Å²) in [5, 5.41) is 4.94. The van der Waals surface area contributed by atoms with Crippen LogP contribution in [-0.4, -0.2) is 28.3 Å². The number of halogens is 1. The van der Waals surface area contributed by atoms with E-state index in [-0.39, 0.29) is 18.3 Å². The quantitative estimate of drug-likeness (QED) is 0.211. The number of nitrogens with one attached hydrogen (secondary N) is 2. The fourth-order valence-electron chi connectivity index (χ4n) is 4.95. The van der Waals surface area contributed by atoms with Crippen LogP contribution in [0.4, 0.5) is 0 Å². The molecule has 1 aliphatic heterocycles. The first-order valence-corrected chi connectivity index (χ1v) is 13.0. The number of hydrogen-bond acceptors (Lipinski definition) is 2. The van der Waals surface area contributed by atoms with Gasteiger partial charge >= 0.3 is 7.12 Å². The molecule has 180 valence electrons. The summed E-state index contributed by atoms with van der Waals surface area (Å²) in [4.78, 5) is 6.86. The Morgan fingerprint density at radius 1 is 0.583 bits per heavy atom. The Bertz CT molecular complexity index is 1720. The molecule has 0 atom stereocenters. The summed E-state index contributed by atoms with van der Waals surface area (Å²) in [5.74, 6) is 0. The number of benzene rings is 4. The molecule has 1 aliphatic rings. The highest BCUT2D eigenvalue weighted by atomic mass is 79.9. The third kappa shape index (κ3) is 3.76. The summed E-state index contributed by atoms with van der Waals surface area (Å²) in [6.45, 7) is 8.34. The van der Waals surface area contributed by atoms with Crippen LogP contribution in [0.15, 0.2) is 89.4 Å². The molecule has 2 N–H and O–H groups in total. The molecule has 36 heavy (non-hydrogen) atoms. The van der Waals surface area contributed by atoms with Gasteiger partial charge in [0.25, 0.3) is 0 Å². The molecule has 6 aromatic rings. The van der Waals surface area contributed by atoms with Crippen molar-refractivity contribution in [1.29, 1.82) is 0 Å². The maximum atomic E-state index is 6.24. The monoisotopic (exact) mass is 538 g/mol. The van der Waals surface area contributed by atoms with Crippen molar-refractivity contribution in [2.75, 3.05) is 0 Å². The van der Waals surface area contributed by atoms with E-state index < -0.39 is 0 Å². The predicted molar refractivity (Wildman–Crippen MR) is 155 cm³/mol. The van der Waals surface area contributed by atoms with Crippen molar-refractivity contribution >= 4 is 72.1 Å². The van der Waals surface area contributed by atoms with Gasteiger partial charge in [-0.3, -0.25) is 0 Å². The Hall–Kier alpha value is -3.06. The molecule has 0 amide bonds. The Kier molecular flexibility index (Phi) is 5.52. The Balaban J connectivity index is 0.000000147. The summed E-state index contributed by atoms with van der Waals surface area (Å²) in [6.07, 6.45) is 0. The molecule has 3 heterocycles. The molecule has 0 spiro atoms. The smallest absolute Gasteiger partial charge is 0.399 e. The van der Waals surface area contributed by atoms with E-state index in [4.69, 9.17) is 9.31 Å². The SMILES string of the molecule is Brc1cccc2[nH]c3ccccc3c12.CC1(C)OB(c2cccc3[nH]c4ccccc4c23)OC1(C)C.